The van der Waals surface area contributed by atoms with Crippen molar-refractivity contribution in [2.75, 3.05) is 0 Å². The zero-order valence-corrected chi connectivity index (χ0v) is 16.3. The lowest BCUT2D eigenvalue weighted by Crippen LogP contribution is -2.67. The molecule has 0 aliphatic carbocycles. The van der Waals surface area contributed by atoms with E-state index in [2.05, 4.69) is 105 Å². The third kappa shape index (κ3) is 2.19. The molecule has 3 aromatic rings. The molecule has 2 aromatic carbocycles. The Morgan fingerprint density at radius 3 is 2.19 bits per heavy atom. The van der Waals surface area contributed by atoms with Gasteiger partial charge in [-0.2, -0.15) is 4.57 Å². The summed E-state index contributed by atoms with van der Waals surface area (Å²) in [6.45, 7) is 9.52. The molecule has 1 nitrogen and oxygen atoms in total. The Hall–Kier alpha value is -2.41. The van der Waals surface area contributed by atoms with Crippen LogP contribution in [0, 0.1) is 0 Å². The minimum absolute atomic E-state index is 0.0691. The number of nitrogens with zero attached hydrogens (tertiary/aromatic N) is 1. The summed E-state index contributed by atoms with van der Waals surface area (Å²) in [5, 5.41) is 0. The maximum absolute atomic E-state index is 2.52. The van der Waals surface area contributed by atoms with Crippen LogP contribution in [0.25, 0.3) is 22.4 Å². The minimum Gasteiger partial charge on any atom is -0.192 e. The Kier molecular flexibility index (Phi) is 3.99. The van der Waals surface area contributed by atoms with Crippen LogP contribution in [0.15, 0.2) is 72.9 Å². The molecule has 2 atom stereocenters. The third-order valence-electron chi connectivity index (χ3n) is 6.97. The lowest BCUT2D eigenvalue weighted by Gasteiger charge is -2.46. The molecule has 1 aliphatic heterocycles. The molecule has 2 unspecified atom stereocenters. The molecule has 2 heterocycles. The van der Waals surface area contributed by atoms with Crippen molar-refractivity contribution in [3.8, 4) is 22.4 Å². The lowest BCUT2D eigenvalue weighted by atomic mass is 9.60. The Labute approximate surface area is 157 Å². The summed E-state index contributed by atoms with van der Waals surface area (Å²) in [6.07, 6.45) is 4.50. The quantitative estimate of drug-likeness (QED) is 0.505. The van der Waals surface area contributed by atoms with Crippen LogP contribution in [0.2, 0.25) is 0 Å². The monoisotopic (exact) mass is 342 g/mol. The van der Waals surface area contributed by atoms with Gasteiger partial charge in [-0.25, -0.2) is 0 Å². The fourth-order valence-electron chi connectivity index (χ4n) is 4.83. The Morgan fingerprint density at radius 1 is 0.769 bits per heavy atom. The first kappa shape index (κ1) is 17.0. The number of pyridine rings is 1. The molecule has 1 aliphatic rings. The van der Waals surface area contributed by atoms with Crippen LogP contribution < -0.4 is 4.57 Å². The van der Waals surface area contributed by atoms with Crippen molar-refractivity contribution in [3.63, 3.8) is 0 Å². The van der Waals surface area contributed by atoms with Crippen molar-refractivity contribution in [1.29, 1.82) is 0 Å². The van der Waals surface area contributed by atoms with E-state index < -0.39 is 0 Å². The molecule has 0 N–H and O–H groups in total. The van der Waals surface area contributed by atoms with E-state index in [9.17, 15) is 0 Å². The topological polar surface area (TPSA) is 3.88 Å². The Morgan fingerprint density at radius 2 is 1.50 bits per heavy atom. The molecule has 0 radical (unpaired) electrons. The van der Waals surface area contributed by atoms with Gasteiger partial charge >= 0.3 is 0 Å². The molecule has 0 amide bonds. The second-order valence-electron chi connectivity index (χ2n) is 7.90. The minimum atomic E-state index is 0.0691. The number of hydrogen-bond donors (Lipinski definition) is 0. The maximum atomic E-state index is 2.52. The third-order valence-corrected chi connectivity index (χ3v) is 6.97. The molecule has 26 heavy (non-hydrogen) atoms. The summed E-state index contributed by atoms with van der Waals surface area (Å²) >= 11 is 0. The van der Waals surface area contributed by atoms with Crippen LogP contribution in [0.1, 0.15) is 46.1 Å². The van der Waals surface area contributed by atoms with Gasteiger partial charge in [-0.3, -0.25) is 0 Å². The predicted molar refractivity (Wildman–Crippen MR) is 109 cm³/mol. The van der Waals surface area contributed by atoms with Gasteiger partial charge < -0.3 is 0 Å². The van der Waals surface area contributed by atoms with Gasteiger partial charge in [-0.05, 0) is 42.2 Å². The van der Waals surface area contributed by atoms with Crippen LogP contribution in [0.4, 0.5) is 0 Å². The summed E-state index contributed by atoms with van der Waals surface area (Å²) in [4.78, 5) is 0. The van der Waals surface area contributed by atoms with E-state index in [1.54, 1.807) is 0 Å². The van der Waals surface area contributed by atoms with Crippen LogP contribution in [-0.2, 0) is 11.0 Å². The van der Waals surface area contributed by atoms with E-state index in [1.807, 2.05) is 0 Å². The predicted octanol–water partition coefficient (Wildman–Crippen LogP) is 6.11. The molecule has 0 bridgehead atoms. The highest BCUT2D eigenvalue weighted by Gasteiger charge is 2.56. The highest BCUT2D eigenvalue weighted by atomic mass is 15.1. The van der Waals surface area contributed by atoms with Gasteiger partial charge in [0.15, 0.2) is 11.7 Å². The van der Waals surface area contributed by atoms with Crippen LogP contribution in [0.5, 0.6) is 0 Å². The van der Waals surface area contributed by atoms with E-state index in [0.29, 0.717) is 0 Å². The SMILES string of the molecule is CCC1(C)c2ccc(-c3ccccc3)cc2-c2cccc[n+]2C1(C)CC. The van der Waals surface area contributed by atoms with Gasteiger partial charge in [0, 0.05) is 25.5 Å². The Balaban J connectivity index is 2.02. The summed E-state index contributed by atoms with van der Waals surface area (Å²) in [5.74, 6) is 0. The molecule has 132 valence electrons. The van der Waals surface area contributed by atoms with Crippen LogP contribution in [0.3, 0.4) is 0 Å². The molecule has 1 aromatic heterocycles. The first-order valence-corrected chi connectivity index (χ1v) is 9.76. The molecule has 0 spiro atoms. The van der Waals surface area contributed by atoms with Crippen molar-refractivity contribution in [2.24, 2.45) is 0 Å². The molecule has 0 saturated carbocycles. The lowest BCUT2D eigenvalue weighted by molar-refractivity contribution is -0.765. The Bertz CT molecular complexity index is 943. The van der Waals surface area contributed by atoms with Crippen molar-refractivity contribution in [2.45, 2.75) is 51.5 Å². The van der Waals surface area contributed by atoms with Gasteiger partial charge in [0.2, 0.25) is 5.69 Å². The summed E-state index contributed by atoms with van der Waals surface area (Å²) < 4.78 is 2.52. The van der Waals surface area contributed by atoms with Crippen molar-refractivity contribution in [1.82, 2.24) is 0 Å². The molecule has 0 saturated heterocycles. The van der Waals surface area contributed by atoms with Crippen molar-refractivity contribution >= 4 is 0 Å². The summed E-state index contributed by atoms with van der Waals surface area (Å²) in [7, 11) is 0. The fourth-order valence-corrected chi connectivity index (χ4v) is 4.83. The highest BCUT2D eigenvalue weighted by Crippen LogP contribution is 2.49. The van der Waals surface area contributed by atoms with Crippen LogP contribution in [-0.4, -0.2) is 0 Å². The molecule has 0 fully saturated rings. The zero-order valence-electron chi connectivity index (χ0n) is 16.3. The second-order valence-corrected chi connectivity index (χ2v) is 7.90. The first-order chi connectivity index (χ1) is 12.5. The number of aromatic nitrogens is 1. The van der Waals surface area contributed by atoms with E-state index >= 15 is 0 Å². The smallest absolute Gasteiger partial charge is 0.192 e. The zero-order chi connectivity index (χ0) is 18.4. The maximum Gasteiger partial charge on any atom is 0.213 e. The van der Waals surface area contributed by atoms with Crippen LogP contribution >= 0.6 is 0 Å². The number of rotatable bonds is 3. The molecular weight excluding hydrogens is 314 g/mol. The van der Waals surface area contributed by atoms with Crippen molar-refractivity contribution in [3.05, 3.63) is 78.5 Å². The standard InChI is InChI=1S/C25H28N/c1-5-24(3)22-16-15-20(19-12-8-7-9-13-19)18-21(22)23-14-10-11-17-26(23)25(24,4)6-2/h7-18H,5-6H2,1-4H3/q+1. The van der Waals surface area contributed by atoms with Gasteiger partial charge in [0.1, 0.15) is 0 Å². The van der Waals surface area contributed by atoms with E-state index in [-0.39, 0.29) is 11.0 Å². The van der Waals surface area contributed by atoms with Gasteiger partial charge in [-0.15, -0.1) is 0 Å². The van der Waals surface area contributed by atoms with Gasteiger partial charge in [0.05, 0.1) is 11.0 Å². The van der Waals surface area contributed by atoms with E-state index in [1.165, 1.54) is 27.9 Å². The molecule has 4 rings (SSSR count). The molecular formula is C25H28N+. The molecule has 1 heteroatoms. The summed E-state index contributed by atoms with van der Waals surface area (Å²) in [6, 6.07) is 24.4. The van der Waals surface area contributed by atoms with E-state index in [4.69, 9.17) is 0 Å². The largest absolute Gasteiger partial charge is 0.213 e. The van der Waals surface area contributed by atoms with E-state index in [0.717, 1.165) is 12.8 Å². The summed E-state index contributed by atoms with van der Waals surface area (Å²) in [5.41, 5.74) is 6.93. The van der Waals surface area contributed by atoms with Gasteiger partial charge in [0.25, 0.3) is 0 Å². The highest BCUT2D eigenvalue weighted by molar-refractivity contribution is 5.74. The number of fused-ring (bicyclic) bond motifs is 3. The normalized spacial score (nSPS) is 24.0. The average molecular weight is 343 g/mol. The van der Waals surface area contributed by atoms with Crippen molar-refractivity contribution < 1.29 is 4.57 Å². The fraction of sp³-hybridized carbons (Fsp3) is 0.320. The number of hydrogen-bond acceptors (Lipinski definition) is 0. The number of benzene rings is 2. The first-order valence-electron chi connectivity index (χ1n) is 9.76. The van der Waals surface area contributed by atoms with Gasteiger partial charge in [-0.1, -0.05) is 56.3 Å². The average Bonchev–Trinajstić information content (AvgIpc) is 2.72. The second kappa shape index (κ2) is 6.09.